The fourth-order valence-corrected chi connectivity index (χ4v) is 7.50. The first kappa shape index (κ1) is 40.5. The van der Waals surface area contributed by atoms with Crippen molar-refractivity contribution in [2.75, 3.05) is 18.0 Å². The topological polar surface area (TPSA) is 115 Å². The Morgan fingerprint density at radius 3 is 1.96 bits per heavy atom. The van der Waals surface area contributed by atoms with Crippen molar-refractivity contribution in [2.24, 2.45) is 0 Å². The second-order valence-corrected chi connectivity index (χ2v) is 15.4. The average Bonchev–Trinajstić information content (AvgIpc) is 3.07. The molecule has 0 bridgehead atoms. The van der Waals surface area contributed by atoms with Gasteiger partial charge in [-0.25, -0.2) is 4.58 Å². The van der Waals surface area contributed by atoms with Gasteiger partial charge in [-0.15, -0.1) is 0 Å². The van der Waals surface area contributed by atoms with Crippen LogP contribution < -0.4 is 34.5 Å². The number of nitrogens with zero attached hydrogens (tertiary/aromatic N) is 2. The van der Waals surface area contributed by atoms with Gasteiger partial charge < -0.3 is 4.90 Å². The third-order valence-corrected chi connectivity index (χ3v) is 10.8. The molecule has 0 saturated heterocycles. The Morgan fingerprint density at radius 1 is 0.765 bits per heavy atom. The molecule has 0 aliphatic heterocycles. The Balaban J connectivity index is 0.00000583. The molecular formula is C39H40ClN2NaO6S2+2. The van der Waals surface area contributed by atoms with Crippen LogP contribution in [0, 0.1) is 6.92 Å². The quantitative estimate of drug-likeness (QED) is 0.124. The van der Waals surface area contributed by atoms with Crippen LogP contribution in [0.25, 0.3) is 5.57 Å². The zero-order valence-corrected chi connectivity index (χ0v) is 33.7. The zero-order chi connectivity index (χ0) is 36.2. The third-order valence-electron chi connectivity index (χ3n) is 8.74. The smallest absolute Gasteiger partial charge is 0.367 e. The van der Waals surface area contributed by atoms with Crippen LogP contribution in [0.5, 0.6) is 0 Å². The Hall–Kier alpha value is -3.32. The van der Waals surface area contributed by atoms with E-state index in [9.17, 15) is 25.9 Å². The van der Waals surface area contributed by atoms with Crippen molar-refractivity contribution in [2.45, 2.75) is 50.6 Å². The van der Waals surface area contributed by atoms with E-state index in [1.54, 1.807) is 12.1 Å². The predicted octanol–water partition coefficient (Wildman–Crippen LogP) is 5.16. The van der Waals surface area contributed by atoms with Gasteiger partial charge in [-0.1, -0.05) is 60.1 Å². The van der Waals surface area contributed by atoms with Crippen LogP contribution in [-0.2, 0) is 33.3 Å². The normalized spacial score (nSPS) is 15.2. The van der Waals surface area contributed by atoms with E-state index in [-0.39, 0.29) is 39.3 Å². The average molecular weight is 755 g/mol. The second kappa shape index (κ2) is 17.0. The van der Waals surface area contributed by atoms with Crippen LogP contribution in [0.4, 0.5) is 5.69 Å². The number of allylic oxidation sites excluding steroid dienone is 5. The molecule has 4 aromatic carbocycles. The van der Waals surface area contributed by atoms with Gasteiger partial charge in [-0.2, -0.15) is 16.8 Å². The Labute approximate surface area is 328 Å². The molecule has 12 heteroatoms. The molecule has 0 radical (unpaired) electrons. The van der Waals surface area contributed by atoms with E-state index in [0.29, 0.717) is 31.2 Å². The minimum absolute atomic E-state index is 0. The largest absolute Gasteiger partial charge is 1.00 e. The number of anilines is 1. The number of hydrogen-bond acceptors (Lipinski definition) is 5. The van der Waals surface area contributed by atoms with E-state index in [4.69, 9.17) is 11.6 Å². The first-order chi connectivity index (χ1) is 23.7. The molecule has 0 saturated carbocycles. The molecule has 8 nitrogen and oxygen atoms in total. The van der Waals surface area contributed by atoms with E-state index in [1.165, 1.54) is 24.3 Å². The summed E-state index contributed by atoms with van der Waals surface area (Å²) in [4.78, 5) is 1.87. The summed E-state index contributed by atoms with van der Waals surface area (Å²) in [5.41, 5.74) is 9.40. The Morgan fingerprint density at radius 2 is 1.39 bits per heavy atom. The summed E-state index contributed by atoms with van der Waals surface area (Å²) in [6, 6.07) is 26.7. The summed E-state index contributed by atoms with van der Waals surface area (Å²) in [5.74, 6) is 0. The van der Waals surface area contributed by atoms with E-state index in [0.717, 1.165) is 55.9 Å². The number of benzene rings is 4. The van der Waals surface area contributed by atoms with Crippen molar-refractivity contribution in [3.8, 4) is 0 Å². The fourth-order valence-electron chi connectivity index (χ4n) is 6.17. The molecule has 0 heterocycles. The molecule has 1 aliphatic rings. The molecule has 0 fully saturated rings. The van der Waals surface area contributed by atoms with Gasteiger partial charge in [-0.3, -0.25) is 9.11 Å². The van der Waals surface area contributed by atoms with E-state index < -0.39 is 20.2 Å². The van der Waals surface area contributed by atoms with Gasteiger partial charge in [0.2, 0.25) is 0 Å². The van der Waals surface area contributed by atoms with Crippen LogP contribution in [0.3, 0.4) is 0 Å². The third kappa shape index (κ3) is 9.77. The molecule has 0 aromatic heterocycles. The number of halogens is 1. The van der Waals surface area contributed by atoms with E-state index in [1.807, 2.05) is 50.2 Å². The first-order valence-electron chi connectivity index (χ1n) is 16.2. The number of rotatable bonds is 11. The maximum Gasteiger partial charge on any atom is 1.00 e. The monoisotopic (exact) mass is 754 g/mol. The SMILES string of the molecule is CCN(Cc1cccc(S(=O)(=O)O)c1)c1ccc(C(=C2C=CC(=[N+](CC)Cc3cccc(S(=O)(=O)O)c3)C=C2C)c2ccccc2Cl)c(C)c1.[Na+]. The van der Waals surface area contributed by atoms with Crippen molar-refractivity contribution in [3.05, 3.63) is 153 Å². The van der Waals surface area contributed by atoms with Gasteiger partial charge in [0, 0.05) is 47.1 Å². The molecule has 0 spiro atoms. The minimum Gasteiger partial charge on any atom is -0.367 e. The number of hydrogen-bond donors (Lipinski definition) is 2. The van der Waals surface area contributed by atoms with Crippen LogP contribution in [0.2, 0.25) is 5.02 Å². The summed E-state index contributed by atoms with van der Waals surface area (Å²) >= 11 is 6.84. The van der Waals surface area contributed by atoms with Crippen LogP contribution in [0.15, 0.2) is 130 Å². The summed E-state index contributed by atoms with van der Waals surface area (Å²) in [6.45, 7) is 10.4. The maximum absolute atomic E-state index is 11.7. The Bertz CT molecular complexity index is 2300. The predicted molar refractivity (Wildman–Crippen MR) is 200 cm³/mol. The van der Waals surface area contributed by atoms with Crippen LogP contribution in [-0.4, -0.2) is 49.3 Å². The minimum atomic E-state index is -4.31. The molecule has 0 amide bonds. The summed E-state index contributed by atoms with van der Waals surface area (Å²) < 4.78 is 68.1. The van der Waals surface area contributed by atoms with Gasteiger partial charge >= 0.3 is 29.6 Å². The summed E-state index contributed by atoms with van der Waals surface area (Å²) in [6.07, 6.45) is 6.26. The second-order valence-electron chi connectivity index (χ2n) is 12.1. The van der Waals surface area contributed by atoms with Crippen LogP contribution >= 0.6 is 11.6 Å². The number of aryl methyl sites for hydroxylation is 1. The molecule has 260 valence electrons. The van der Waals surface area contributed by atoms with Crippen LogP contribution in [0.1, 0.15) is 48.6 Å². The molecule has 51 heavy (non-hydrogen) atoms. The van der Waals surface area contributed by atoms with Crippen molar-refractivity contribution < 1.29 is 60.1 Å². The molecular weight excluding hydrogens is 715 g/mol. The molecule has 4 aromatic rings. The maximum atomic E-state index is 11.7. The van der Waals surface area contributed by atoms with Gasteiger partial charge in [0.05, 0.1) is 9.79 Å². The van der Waals surface area contributed by atoms with Gasteiger partial charge in [0.1, 0.15) is 6.54 Å². The summed E-state index contributed by atoms with van der Waals surface area (Å²) in [7, 11) is -8.61. The molecule has 0 unspecified atom stereocenters. The van der Waals surface area contributed by atoms with E-state index >= 15 is 0 Å². The molecule has 0 atom stereocenters. The van der Waals surface area contributed by atoms with Crippen molar-refractivity contribution in [1.82, 2.24) is 0 Å². The zero-order valence-electron chi connectivity index (χ0n) is 29.3. The molecule has 1 aliphatic carbocycles. The van der Waals surface area contributed by atoms with E-state index in [2.05, 4.69) is 59.8 Å². The molecule has 5 rings (SSSR count). The van der Waals surface area contributed by atoms with Crippen molar-refractivity contribution in [1.29, 1.82) is 0 Å². The van der Waals surface area contributed by atoms with Crippen molar-refractivity contribution in [3.63, 3.8) is 0 Å². The Kier molecular flexibility index (Phi) is 13.5. The molecule has 2 N–H and O–H groups in total. The fraction of sp³-hybridized carbons (Fsp3) is 0.205. The van der Waals surface area contributed by atoms with Gasteiger partial charge in [0.25, 0.3) is 20.2 Å². The van der Waals surface area contributed by atoms with Gasteiger partial charge in [-0.05, 0) is 110 Å². The first-order valence-corrected chi connectivity index (χ1v) is 19.4. The van der Waals surface area contributed by atoms with Crippen molar-refractivity contribution >= 4 is 48.8 Å². The van der Waals surface area contributed by atoms with Gasteiger partial charge in [0.15, 0.2) is 12.3 Å². The standard InChI is InChI=1S/C39H39ClN2O6S2.Na/c1-5-41(25-29-11-9-13-33(23-29)49(43,44)45)31-17-19-35(27(3)21-31)39(37-15-7-8-16-38(37)40)36-20-18-32(22-28(36)4)42(6-2)26-30-12-10-14-34(24-30)50(46,47)48;/h7-24H,5-6,25-26H2,1-4H3,(H-,43,44,45,46,47,48);/q;+1/p+1. The summed E-state index contributed by atoms with van der Waals surface area (Å²) in [5, 5.41) is 0.622.